The molecular formula is C6H11N3OS. The molecule has 5 heteroatoms. The van der Waals surface area contributed by atoms with Gasteiger partial charge in [-0.15, -0.1) is 0 Å². The van der Waals surface area contributed by atoms with E-state index in [2.05, 4.69) is 4.98 Å². The highest BCUT2D eigenvalue weighted by Crippen LogP contribution is 1.96. The van der Waals surface area contributed by atoms with Crippen LogP contribution in [-0.2, 0) is 24.8 Å². The quantitative estimate of drug-likeness (QED) is 0.631. The minimum Gasteiger partial charge on any atom is -0.598 e. The third-order valence-electron chi connectivity index (χ3n) is 1.45. The number of hydrogen-bond donors (Lipinski definition) is 1. The fraction of sp³-hybridized carbons (Fsp3) is 0.500. The second-order valence-electron chi connectivity index (χ2n) is 2.29. The Balaban J connectivity index is 2.44. The van der Waals surface area contributed by atoms with Crippen LogP contribution >= 0.6 is 0 Å². The largest absolute Gasteiger partial charge is 0.598 e. The summed E-state index contributed by atoms with van der Waals surface area (Å²) in [6, 6.07) is 0. The van der Waals surface area contributed by atoms with Gasteiger partial charge in [0.15, 0.2) is 0 Å². The average molecular weight is 173 g/mol. The summed E-state index contributed by atoms with van der Waals surface area (Å²) in [6.45, 7) is 0. The molecule has 0 aliphatic rings. The lowest BCUT2D eigenvalue weighted by atomic mass is 10.4. The smallest absolute Gasteiger partial charge is 0.132 e. The van der Waals surface area contributed by atoms with Crippen molar-refractivity contribution in [2.45, 2.75) is 6.42 Å². The molecule has 11 heavy (non-hydrogen) atoms. The standard InChI is InChI=1S/C6H11N3OS/c1-9-4-3-8-6(9)2-5-11(7)10/h3-4H,2,5,7H2,1H3. The zero-order chi connectivity index (χ0) is 8.27. The summed E-state index contributed by atoms with van der Waals surface area (Å²) in [7, 11) is 1.90. The summed E-state index contributed by atoms with van der Waals surface area (Å²) in [5, 5.41) is 5.09. The average Bonchev–Trinajstić information content (AvgIpc) is 2.31. The molecule has 1 unspecified atom stereocenters. The first-order valence-corrected chi connectivity index (χ1v) is 4.67. The van der Waals surface area contributed by atoms with Crippen molar-refractivity contribution in [1.29, 1.82) is 0 Å². The third-order valence-corrected chi connectivity index (χ3v) is 2.05. The first-order chi connectivity index (χ1) is 5.20. The maximum atomic E-state index is 10.5. The number of hydrogen-bond acceptors (Lipinski definition) is 3. The molecule has 62 valence electrons. The molecule has 0 fully saturated rings. The zero-order valence-corrected chi connectivity index (χ0v) is 7.17. The van der Waals surface area contributed by atoms with E-state index in [1.165, 1.54) is 0 Å². The van der Waals surface area contributed by atoms with Crippen LogP contribution < -0.4 is 5.14 Å². The van der Waals surface area contributed by atoms with Crippen molar-refractivity contribution in [1.82, 2.24) is 9.55 Å². The molecule has 0 radical (unpaired) electrons. The summed E-state index contributed by atoms with van der Waals surface area (Å²) in [4.78, 5) is 4.06. The summed E-state index contributed by atoms with van der Waals surface area (Å²) in [6.07, 6.45) is 4.25. The molecule has 1 rings (SSSR count). The van der Waals surface area contributed by atoms with Gasteiger partial charge in [-0.2, -0.15) is 5.14 Å². The van der Waals surface area contributed by atoms with Crippen LogP contribution in [0.2, 0.25) is 0 Å². The summed E-state index contributed by atoms with van der Waals surface area (Å²) in [5.41, 5.74) is 0. The van der Waals surface area contributed by atoms with Gasteiger partial charge < -0.3 is 9.12 Å². The van der Waals surface area contributed by atoms with Crippen molar-refractivity contribution in [2.75, 3.05) is 5.75 Å². The SMILES string of the molecule is Cn1ccnc1CC[S+](N)[O-]. The van der Waals surface area contributed by atoms with Gasteiger partial charge in [0.1, 0.15) is 11.6 Å². The molecule has 0 aliphatic heterocycles. The number of nitrogens with zero attached hydrogens (tertiary/aromatic N) is 2. The predicted molar refractivity (Wildman–Crippen MR) is 44.1 cm³/mol. The van der Waals surface area contributed by atoms with Gasteiger partial charge in [0.05, 0.1) is 6.42 Å². The van der Waals surface area contributed by atoms with Gasteiger partial charge in [0.25, 0.3) is 0 Å². The van der Waals surface area contributed by atoms with Crippen LogP contribution in [0.4, 0.5) is 0 Å². The fourth-order valence-corrected chi connectivity index (χ4v) is 1.21. The van der Waals surface area contributed by atoms with Gasteiger partial charge in [-0.05, 0) is 0 Å². The van der Waals surface area contributed by atoms with Gasteiger partial charge in [0.2, 0.25) is 0 Å². The van der Waals surface area contributed by atoms with Gasteiger partial charge in [0, 0.05) is 30.8 Å². The topological polar surface area (TPSA) is 66.9 Å². The van der Waals surface area contributed by atoms with E-state index in [1.807, 2.05) is 17.8 Å². The Morgan fingerprint density at radius 2 is 2.55 bits per heavy atom. The lowest BCUT2D eigenvalue weighted by molar-refractivity contribution is 0.594. The van der Waals surface area contributed by atoms with Gasteiger partial charge in [-0.25, -0.2) is 4.98 Å². The van der Waals surface area contributed by atoms with Crippen molar-refractivity contribution in [3.63, 3.8) is 0 Å². The molecule has 0 bridgehead atoms. The summed E-state index contributed by atoms with van der Waals surface area (Å²) < 4.78 is 12.4. The number of aryl methyl sites for hydroxylation is 2. The molecule has 0 aromatic carbocycles. The molecular weight excluding hydrogens is 162 g/mol. The molecule has 0 aliphatic carbocycles. The van der Waals surface area contributed by atoms with Crippen molar-refractivity contribution < 1.29 is 4.55 Å². The highest BCUT2D eigenvalue weighted by molar-refractivity contribution is 7.89. The highest BCUT2D eigenvalue weighted by atomic mass is 32.2. The van der Waals surface area contributed by atoms with Crippen molar-refractivity contribution in [2.24, 2.45) is 12.2 Å². The van der Waals surface area contributed by atoms with Crippen LogP contribution in [0.3, 0.4) is 0 Å². The van der Waals surface area contributed by atoms with Crippen LogP contribution in [0.25, 0.3) is 0 Å². The predicted octanol–water partition coefficient (Wildman–Crippen LogP) is -0.415. The van der Waals surface area contributed by atoms with Crippen LogP contribution in [0.1, 0.15) is 5.82 Å². The maximum absolute atomic E-state index is 10.5. The molecule has 1 atom stereocenters. The van der Waals surface area contributed by atoms with Crippen molar-refractivity contribution in [3.8, 4) is 0 Å². The summed E-state index contributed by atoms with van der Waals surface area (Å²) >= 11 is -1.21. The Morgan fingerprint density at radius 3 is 3.00 bits per heavy atom. The van der Waals surface area contributed by atoms with Crippen LogP contribution in [0.15, 0.2) is 12.4 Å². The van der Waals surface area contributed by atoms with Gasteiger partial charge >= 0.3 is 0 Å². The molecule has 0 saturated heterocycles. The zero-order valence-electron chi connectivity index (χ0n) is 6.36. The molecule has 1 heterocycles. The molecule has 1 aromatic heterocycles. The van der Waals surface area contributed by atoms with E-state index in [0.717, 1.165) is 5.82 Å². The van der Waals surface area contributed by atoms with E-state index in [9.17, 15) is 4.55 Å². The summed E-state index contributed by atoms with van der Waals surface area (Å²) in [5.74, 6) is 1.40. The normalized spacial score (nSPS) is 13.4. The van der Waals surface area contributed by atoms with Gasteiger partial charge in [-0.1, -0.05) is 0 Å². The van der Waals surface area contributed by atoms with Crippen LogP contribution in [-0.4, -0.2) is 19.9 Å². The number of imidazole rings is 1. The minimum absolute atomic E-state index is 0.477. The minimum atomic E-state index is -1.21. The van der Waals surface area contributed by atoms with E-state index in [0.29, 0.717) is 12.2 Å². The molecule has 2 N–H and O–H groups in total. The molecule has 4 nitrogen and oxygen atoms in total. The lowest BCUT2D eigenvalue weighted by Crippen LogP contribution is -2.19. The second-order valence-corrected chi connectivity index (χ2v) is 3.46. The first kappa shape index (κ1) is 8.58. The lowest BCUT2D eigenvalue weighted by Gasteiger charge is -2.02. The molecule has 0 amide bonds. The fourth-order valence-electron chi connectivity index (χ4n) is 0.829. The van der Waals surface area contributed by atoms with E-state index < -0.39 is 11.4 Å². The Hall–Kier alpha value is -0.520. The molecule has 0 spiro atoms. The first-order valence-electron chi connectivity index (χ1n) is 3.29. The number of nitrogens with two attached hydrogens (primary N) is 1. The second kappa shape index (κ2) is 3.75. The van der Waals surface area contributed by atoms with Crippen molar-refractivity contribution >= 4 is 11.4 Å². The van der Waals surface area contributed by atoms with E-state index in [4.69, 9.17) is 5.14 Å². The molecule has 1 aromatic rings. The van der Waals surface area contributed by atoms with Crippen LogP contribution in [0, 0.1) is 0 Å². The Labute approximate surface area is 68.7 Å². The maximum Gasteiger partial charge on any atom is 0.132 e. The van der Waals surface area contributed by atoms with E-state index >= 15 is 0 Å². The van der Waals surface area contributed by atoms with Crippen LogP contribution in [0.5, 0.6) is 0 Å². The number of aromatic nitrogens is 2. The van der Waals surface area contributed by atoms with Crippen molar-refractivity contribution in [3.05, 3.63) is 18.2 Å². The number of rotatable bonds is 3. The van der Waals surface area contributed by atoms with E-state index in [-0.39, 0.29) is 0 Å². The Bertz CT molecular complexity index is 223. The van der Waals surface area contributed by atoms with Gasteiger partial charge in [-0.3, -0.25) is 0 Å². The Kier molecular flexibility index (Phi) is 2.92. The van der Waals surface area contributed by atoms with E-state index in [1.54, 1.807) is 6.20 Å². The highest BCUT2D eigenvalue weighted by Gasteiger charge is 2.03. The third kappa shape index (κ3) is 2.53. The Morgan fingerprint density at radius 1 is 1.82 bits per heavy atom. The monoisotopic (exact) mass is 173 g/mol. The molecule has 0 saturated carbocycles.